The van der Waals surface area contributed by atoms with Gasteiger partial charge in [-0.2, -0.15) is 0 Å². The third-order valence-electron chi connectivity index (χ3n) is 4.37. The molecule has 2 heterocycles. The lowest BCUT2D eigenvalue weighted by Crippen LogP contribution is -2.50. The van der Waals surface area contributed by atoms with E-state index in [0.29, 0.717) is 43.2 Å². The highest BCUT2D eigenvalue weighted by Gasteiger charge is 2.28. The summed E-state index contributed by atoms with van der Waals surface area (Å²) >= 11 is 0. The number of fused-ring (bicyclic) bond motifs is 1. The highest BCUT2D eigenvalue weighted by atomic mass is 16.5. The zero-order chi connectivity index (χ0) is 18.5. The molecular formula is C18H25N3O5. The van der Waals surface area contributed by atoms with Crippen LogP contribution < -0.4 is 15.4 Å². The molecule has 1 saturated heterocycles. The van der Waals surface area contributed by atoms with Crippen molar-refractivity contribution >= 4 is 17.5 Å². The van der Waals surface area contributed by atoms with E-state index in [4.69, 9.17) is 14.2 Å². The number of ether oxygens (including phenoxy) is 3. The van der Waals surface area contributed by atoms with Crippen LogP contribution in [0.5, 0.6) is 5.75 Å². The zero-order valence-electron chi connectivity index (χ0n) is 15.1. The van der Waals surface area contributed by atoms with Crippen LogP contribution in [0.1, 0.15) is 16.8 Å². The van der Waals surface area contributed by atoms with Crippen LogP contribution in [0.2, 0.25) is 0 Å². The third kappa shape index (κ3) is 4.72. The number of amides is 2. The number of rotatable bonds is 6. The average molecular weight is 363 g/mol. The molecule has 0 aromatic heterocycles. The molecule has 2 amide bonds. The van der Waals surface area contributed by atoms with Crippen molar-refractivity contribution in [2.75, 3.05) is 52.4 Å². The SMILES string of the molecule is CN(C)CCO[C@@H]1COCC[C@H]1NC(=O)c1ccc2c(c1)OCC(=O)N2. The molecular weight excluding hydrogens is 338 g/mol. The zero-order valence-corrected chi connectivity index (χ0v) is 15.1. The van der Waals surface area contributed by atoms with E-state index in [0.717, 1.165) is 6.54 Å². The summed E-state index contributed by atoms with van der Waals surface area (Å²) in [5, 5.41) is 5.75. The third-order valence-corrected chi connectivity index (χ3v) is 4.37. The Labute approximate surface area is 152 Å². The minimum absolute atomic E-state index is 0.0418. The van der Waals surface area contributed by atoms with Crippen molar-refractivity contribution in [1.82, 2.24) is 10.2 Å². The molecule has 0 radical (unpaired) electrons. The fraction of sp³-hybridized carbons (Fsp3) is 0.556. The summed E-state index contributed by atoms with van der Waals surface area (Å²) in [6.45, 7) is 2.42. The van der Waals surface area contributed by atoms with Crippen LogP contribution >= 0.6 is 0 Å². The topological polar surface area (TPSA) is 89.1 Å². The number of carbonyl (C=O) groups excluding carboxylic acids is 2. The highest BCUT2D eigenvalue weighted by Crippen LogP contribution is 2.28. The summed E-state index contributed by atoms with van der Waals surface area (Å²) in [4.78, 5) is 26.0. The summed E-state index contributed by atoms with van der Waals surface area (Å²) in [5.74, 6) is 0.110. The number of benzene rings is 1. The first-order valence-electron chi connectivity index (χ1n) is 8.74. The van der Waals surface area contributed by atoms with E-state index >= 15 is 0 Å². The van der Waals surface area contributed by atoms with Gasteiger partial charge in [-0.05, 0) is 38.7 Å². The van der Waals surface area contributed by atoms with Crippen LogP contribution in [0.4, 0.5) is 5.69 Å². The van der Waals surface area contributed by atoms with Gasteiger partial charge in [-0.1, -0.05) is 0 Å². The van der Waals surface area contributed by atoms with Gasteiger partial charge in [0, 0.05) is 18.7 Å². The lowest BCUT2D eigenvalue weighted by molar-refractivity contribution is -0.118. The van der Waals surface area contributed by atoms with Crippen molar-refractivity contribution in [2.45, 2.75) is 18.6 Å². The number of hydrogen-bond acceptors (Lipinski definition) is 6. The van der Waals surface area contributed by atoms with Gasteiger partial charge in [0.05, 0.1) is 24.9 Å². The second-order valence-corrected chi connectivity index (χ2v) is 6.70. The second-order valence-electron chi connectivity index (χ2n) is 6.70. The number of hydrogen-bond donors (Lipinski definition) is 2. The molecule has 3 rings (SSSR count). The first-order chi connectivity index (χ1) is 12.5. The Kier molecular flexibility index (Phi) is 6.08. The molecule has 2 aliphatic heterocycles. The minimum Gasteiger partial charge on any atom is -0.482 e. The van der Waals surface area contributed by atoms with Crippen molar-refractivity contribution in [1.29, 1.82) is 0 Å². The maximum Gasteiger partial charge on any atom is 0.262 e. The van der Waals surface area contributed by atoms with Gasteiger partial charge in [-0.25, -0.2) is 0 Å². The fourth-order valence-corrected chi connectivity index (χ4v) is 2.90. The number of anilines is 1. The Morgan fingerprint density at radius 3 is 3.08 bits per heavy atom. The van der Waals surface area contributed by atoms with E-state index in [9.17, 15) is 9.59 Å². The van der Waals surface area contributed by atoms with Crippen molar-refractivity contribution < 1.29 is 23.8 Å². The van der Waals surface area contributed by atoms with Crippen molar-refractivity contribution in [3.8, 4) is 5.75 Å². The van der Waals surface area contributed by atoms with E-state index in [1.54, 1.807) is 18.2 Å². The predicted octanol–water partition coefficient (Wildman–Crippen LogP) is 0.483. The molecule has 2 N–H and O–H groups in total. The molecule has 26 heavy (non-hydrogen) atoms. The lowest BCUT2D eigenvalue weighted by Gasteiger charge is -2.32. The Morgan fingerprint density at radius 1 is 1.42 bits per heavy atom. The van der Waals surface area contributed by atoms with Gasteiger partial charge < -0.3 is 29.7 Å². The molecule has 0 saturated carbocycles. The maximum atomic E-state index is 12.6. The Hall–Kier alpha value is -2.16. The smallest absolute Gasteiger partial charge is 0.262 e. The molecule has 1 aromatic rings. The van der Waals surface area contributed by atoms with Gasteiger partial charge in [0.1, 0.15) is 11.9 Å². The Balaban J connectivity index is 1.61. The maximum absolute atomic E-state index is 12.6. The van der Waals surface area contributed by atoms with Gasteiger partial charge in [-0.15, -0.1) is 0 Å². The summed E-state index contributed by atoms with van der Waals surface area (Å²) in [6.07, 6.45) is 0.538. The van der Waals surface area contributed by atoms with Gasteiger partial charge in [0.15, 0.2) is 6.61 Å². The first kappa shape index (κ1) is 18.6. The summed E-state index contributed by atoms with van der Waals surface area (Å²) < 4.78 is 16.8. The molecule has 2 aliphatic rings. The molecule has 0 aliphatic carbocycles. The number of likely N-dealkylation sites (N-methyl/N-ethyl adjacent to an activating group) is 1. The molecule has 8 heteroatoms. The molecule has 1 aromatic carbocycles. The summed E-state index contributed by atoms with van der Waals surface area (Å²) in [6, 6.07) is 4.89. The van der Waals surface area contributed by atoms with Crippen LogP contribution in [0.15, 0.2) is 18.2 Å². The average Bonchev–Trinajstić information content (AvgIpc) is 2.62. The van der Waals surface area contributed by atoms with Crippen LogP contribution in [0.3, 0.4) is 0 Å². The quantitative estimate of drug-likeness (QED) is 0.764. The molecule has 8 nitrogen and oxygen atoms in total. The van der Waals surface area contributed by atoms with Crippen molar-refractivity contribution in [3.05, 3.63) is 23.8 Å². The standard InChI is InChI=1S/C18H25N3O5/c1-21(2)6-8-25-16-10-24-7-5-14(16)20-18(23)12-3-4-13-15(9-12)26-11-17(22)19-13/h3-4,9,14,16H,5-8,10-11H2,1-2H3,(H,19,22)(H,20,23)/t14-,16-/m1/s1. The van der Waals surface area contributed by atoms with E-state index in [2.05, 4.69) is 10.6 Å². The highest BCUT2D eigenvalue weighted by molar-refractivity contribution is 5.99. The van der Waals surface area contributed by atoms with Gasteiger partial charge in [-0.3, -0.25) is 9.59 Å². The van der Waals surface area contributed by atoms with E-state index < -0.39 is 0 Å². The second kappa shape index (κ2) is 8.48. The largest absolute Gasteiger partial charge is 0.482 e. The Morgan fingerprint density at radius 2 is 2.27 bits per heavy atom. The van der Waals surface area contributed by atoms with Crippen LogP contribution in [-0.2, 0) is 14.3 Å². The molecule has 0 bridgehead atoms. The van der Waals surface area contributed by atoms with E-state index in [1.165, 1.54) is 0 Å². The summed E-state index contributed by atoms with van der Waals surface area (Å²) in [5.41, 5.74) is 1.06. The molecule has 2 atom stereocenters. The Bertz CT molecular complexity index is 664. The number of nitrogens with one attached hydrogen (secondary N) is 2. The van der Waals surface area contributed by atoms with Crippen LogP contribution in [0.25, 0.3) is 0 Å². The van der Waals surface area contributed by atoms with Crippen LogP contribution in [0, 0.1) is 0 Å². The van der Waals surface area contributed by atoms with Gasteiger partial charge >= 0.3 is 0 Å². The predicted molar refractivity (Wildman–Crippen MR) is 95.6 cm³/mol. The van der Waals surface area contributed by atoms with Crippen LogP contribution in [-0.4, -0.2) is 75.9 Å². The molecule has 1 fully saturated rings. The van der Waals surface area contributed by atoms with Gasteiger partial charge in [0.25, 0.3) is 11.8 Å². The normalized spacial score (nSPS) is 22.3. The van der Waals surface area contributed by atoms with Crippen molar-refractivity contribution in [2.24, 2.45) is 0 Å². The minimum atomic E-state index is -0.199. The number of nitrogens with zero attached hydrogens (tertiary/aromatic N) is 1. The summed E-state index contributed by atoms with van der Waals surface area (Å²) in [7, 11) is 3.97. The molecule has 0 spiro atoms. The molecule has 142 valence electrons. The molecule has 0 unspecified atom stereocenters. The van der Waals surface area contributed by atoms with E-state index in [-0.39, 0.29) is 30.6 Å². The monoisotopic (exact) mass is 363 g/mol. The van der Waals surface area contributed by atoms with Gasteiger partial charge in [0.2, 0.25) is 0 Å². The number of carbonyl (C=O) groups is 2. The first-order valence-corrected chi connectivity index (χ1v) is 8.74. The fourth-order valence-electron chi connectivity index (χ4n) is 2.90. The lowest BCUT2D eigenvalue weighted by atomic mass is 10.0. The van der Waals surface area contributed by atoms with E-state index in [1.807, 2.05) is 19.0 Å². The van der Waals surface area contributed by atoms with Crippen molar-refractivity contribution in [3.63, 3.8) is 0 Å².